The van der Waals surface area contributed by atoms with Gasteiger partial charge >= 0.3 is 0 Å². The number of nitrogens with zero attached hydrogens (tertiary/aromatic N) is 4. The van der Waals surface area contributed by atoms with Gasteiger partial charge in [-0.15, -0.1) is 24.8 Å². The summed E-state index contributed by atoms with van der Waals surface area (Å²) in [5.74, 6) is 0.227. The van der Waals surface area contributed by atoms with Crippen LogP contribution in [0.4, 0.5) is 11.4 Å². The average Bonchev–Trinajstić information content (AvgIpc) is 3.05. The summed E-state index contributed by atoms with van der Waals surface area (Å²) in [7, 11) is 3.53. The number of aromatic nitrogens is 1. The molecule has 0 spiro atoms. The summed E-state index contributed by atoms with van der Waals surface area (Å²) in [6.45, 7) is 10.2. The first-order valence-electron chi connectivity index (χ1n) is 14.9. The van der Waals surface area contributed by atoms with Gasteiger partial charge in [-0.2, -0.15) is 0 Å². The second-order valence-corrected chi connectivity index (χ2v) is 11.6. The lowest BCUT2D eigenvalue weighted by Gasteiger charge is -2.27. The Kier molecular flexibility index (Phi) is 13.8. The molecule has 0 saturated heterocycles. The lowest BCUT2D eigenvalue weighted by molar-refractivity contribution is -0.137. The SMILES string of the molecule is CCN1C(=O)C(C)(C)C(=O)N(C)c2cc(OCCCc3cc(CNCCN(C)C(=O)c4cccc(C)c4)ccn3)ccc21.Cl.Cl. The Hall–Kier alpha value is -3.66. The van der Waals surface area contributed by atoms with E-state index >= 15 is 0 Å². The first-order chi connectivity index (χ1) is 20.5. The van der Waals surface area contributed by atoms with Crippen LogP contribution in [0.15, 0.2) is 60.8 Å². The molecule has 3 aromatic rings. The smallest absolute Gasteiger partial charge is 0.253 e. The number of aryl methyl sites for hydroxylation is 2. The van der Waals surface area contributed by atoms with E-state index in [0.29, 0.717) is 55.5 Å². The molecule has 4 rings (SSSR count). The molecule has 3 amide bonds. The van der Waals surface area contributed by atoms with Crippen LogP contribution in [-0.2, 0) is 22.6 Å². The average molecular weight is 659 g/mol. The maximum absolute atomic E-state index is 13.1. The molecule has 2 heterocycles. The van der Waals surface area contributed by atoms with Gasteiger partial charge in [0, 0.05) is 63.8 Å². The Morgan fingerprint density at radius 2 is 1.78 bits per heavy atom. The standard InChI is InChI=1S/C34H43N5O4.2ClH/c1-7-39-29-14-13-28(22-30(29)38(6)32(41)34(3,4)33(39)42)43-19-9-12-27-21-25(15-16-36-27)23-35-17-18-37(5)31(40)26-11-8-10-24(2)20-26;;/h8,10-11,13-16,20-22,35H,7,9,12,17-19,23H2,1-6H3;2*1H. The molecule has 0 unspecified atom stereocenters. The highest BCUT2D eigenvalue weighted by atomic mass is 35.5. The zero-order valence-corrected chi connectivity index (χ0v) is 28.6. The van der Waals surface area contributed by atoms with Gasteiger partial charge < -0.3 is 24.8 Å². The van der Waals surface area contributed by atoms with Crippen LogP contribution in [0.25, 0.3) is 0 Å². The molecule has 2 aromatic carbocycles. The van der Waals surface area contributed by atoms with Crippen LogP contribution in [0.2, 0.25) is 0 Å². The number of carbonyl (C=O) groups is 3. The second-order valence-electron chi connectivity index (χ2n) is 11.6. The topological polar surface area (TPSA) is 95.1 Å². The van der Waals surface area contributed by atoms with Gasteiger partial charge in [-0.05, 0) is 82.5 Å². The van der Waals surface area contributed by atoms with Crippen molar-refractivity contribution in [3.8, 4) is 5.75 Å². The summed E-state index contributed by atoms with van der Waals surface area (Å²) in [6.07, 6.45) is 3.35. The highest BCUT2D eigenvalue weighted by Gasteiger charge is 2.45. The first kappa shape index (κ1) is 37.5. The number of likely N-dealkylation sites (N-methyl/N-ethyl adjacent to an activating group) is 1. The van der Waals surface area contributed by atoms with Crippen LogP contribution in [0.5, 0.6) is 5.75 Å². The van der Waals surface area contributed by atoms with E-state index in [1.54, 1.807) is 35.6 Å². The van der Waals surface area contributed by atoms with Gasteiger partial charge in [-0.25, -0.2) is 0 Å². The van der Waals surface area contributed by atoms with E-state index in [9.17, 15) is 14.4 Å². The number of rotatable bonds is 12. The Morgan fingerprint density at radius 1 is 1.02 bits per heavy atom. The lowest BCUT2D eigenvalue weighted by atomic mass is 9.90. The van der Waals surface area contributed by atoms with Crippen molar-refractivity contribution in [2.75, 3.05) is 50.1 Å². The number of pyridine rings is 1. The van der Waals surface area contributed by atoms with Gasteiger partial charge in [-0.3, -0.25) is 19.4 Å². The van der Waals surface area contributed by atoms with E-state index < -0.39 is 5.41 Å². The molecule has 0 saturated carbocycles. The number of amides is 3. The maximum atomic E-state index is 13.1. The lowest BCUT2D eigenvalue weighted by Crippen LogP contribution is -2.47. The third-order valence-corrected chi connectivity index (χ3v) is 7.83. The van der Waals surface area contributed by atoms with E-state index in [1.165, 1.54) is 0 Å². The van der Waals surface area contributed by atoms with Crippen LogP contribution in [0, 0.1) is 12.3 Å². The Morgan fingerprint density at radius 3 is 2.49 bits per heavy atom. The summed E-state index contributed by atoms with van der Waals surface area (Å²) in [5.41, 5.74) is 4.13. The van der Waals surface area contributed by atoms with Crippen molar-refractivity contribution >= 4 is 53.9 Å². The fourth-order valence-electron chi connectivity index (χ4n) is 5.27. The molecule has 1 aliphatic heterocycles. The molecule has 244 valence electrons. The number of hydrogen-bond donors (Lipinski definition) is 1. The fourth-order valence-corrected chi connectivity index (χ4v) is 5.27. The van der Waals surface area contributed by atoms with Gasteiger partial charge in [0.1, 0.15) is 11.2 Å². The number of anilines is 2. The second kappa shape index (κ2) is 16.6. The maximum Gasteiger partial charge on any atom is 0.253 e. The number of nitrogens with one attached hydrogen (secondary N) is 1. The van der Waals surface area contributed by atoms with Crippen molar-refractivity contribution in [1.29, 1.82) is 0 Å². The molecule has 0 aliphatic carbocycles. The zero-order chi connectivity index (χ0) is 31.1. The predicted octanol–water partition coefficient (Wildman–Crippen LogP) is 5.46. The number of carbonyl (C=O) groups excluding carboxylic acids is 3. The van der Waals surface area contributed by atoms with Gasteiger partial charge in [-0.1, -0.05) is 17.7 Å². The molecule has 9 nitrogen and oxygen atoms in total. The minimum Gasteiger partial charge on any atom is -0.494 e. The van der Waals surface area contributed by atoms with Gasteiger partial charge in [0.15, 0.2) is 0 Å². The number of ether oxygens (including phenoxy) is 1. The third-order valence-electron chi connectivity index (χ3n) is 7.83. The highest BCUT2D eigenvalue weighted by molar-refractivity contribution is 6.20. The molecular formula is C34H45Cl2N5O4. The van der Waals surface area contributed by atoms with E-state index in [-0.39, 0.29) is 42.5 Å². The van der Waals surface area contributed by atoms with Gasteiger partial charge in [0.2, 0.25) is 11.8 Å². The normalized spacial score (nSPS) is 13.7. The number of hydrogen-bond acceptors (Lipinski definition) is 6. The van der Waals surface area contributed by atoms with Crippen molar-refractivity contribution in [2.24, 2.45) is 5.41 Å². The molecule has 1 aliphatic rings. The van der Waals surface area contributed by atoms with Crippen LogP contribution in [0.1, 0.15) is 54.4 Å². The van der Waals surface area contributed by atoms with Crippen LogP contribution in [-0.4, -0.2) is 67.9 Å². The monoisotopic (exact) mass is 657 g/mol. The highest BCUT2D eigenvalue weighted by Crippen LogP contribution is 2.40. The van der Waals surface area contributed by atoms with E-state index in [2.05, 4.69) is 16.4 Å². The molecule has 45 heavy (non-hydrogen) atoms. The minimum absolute atomic E-state index is 0. The van der Waals surface area contributed by atoms with E-state index in [1.807, 2.05) is 75.6 Å². The van der Waals surface area contributed by atoms with Crippen LogP contribution < -0.4 is 19.9 Å². The van der Waals surface area contributed by atoms with Crippen molar-refractivity contribution < 1.29 is 19.1 Å². The van der Waals surface area contributed by atoms with Gasteiger partial charge in [0.25, 0.3) is 5.91 Å². The van der Waals surface area contributed by atoms with Crippen LogP contribution >= 0.6 is 24.8 Å². The van der Waals surface area contributed by atoms with Crippen molar-refractivity contribution in [1.82, 2.24) is 15.2 Å². The molecule has 1 N–H and O–H groups in total. The summed E-state index contributed by atoms with van der Waals surface area (Å²) in [5, 5.41) is 3.42. The number of benzene rings is 2. The summed E-state index contributed by atoms with van der Waals surface area (Å²) in [4.78, 5) is 48.3. The predicted molar refractivity (Wildman–Crippen MR) is 184 cm³/mol. The fraction of sp³-hybridized carbons (Fsp3) is 0.412. The molecule has 1 aromatic heterocycles. The van der Waals surface area contributed by atoms with Crippen molar-refractivity contribution in [2.45, 2.75) is 47.1 Å². The molecule has 0 bridgehead atoms. The molecule has 11 heteroatoms. The first-order valence-corrected chi connectivity index (χ1v) is 14.9. The zero-order valence-electron chi connectivity index (χ0n) is 27.0. The Bertz CT molecular complexity index is 1480. The summed E-state index contributed by atoms with van der Waals surface area (Å²) in [6, 6.07) is 17.3. The number of fused-ring (bicyclic) bond motifs is 1. The van der Waals surface area contributed by atoms with Crippen LogP contribution in [0.3, 0.4) is 0 Å². The largest absolute Gasteiger partial charge is 0.494 e. The molecule has 0 radical (unpaired) electrons. The molecule has 0 atom stereocenters. The third kappa shape index (κ3) is 8.96. The van der Waals surface area contributed by atoms with Crippen molar-refractivity contribution in [3.05, 3.63) is 83.2 Å². The Labute approximate surface area is 279 Å². The van der Waals surface area contributed by atoms with E-state index in [0.717, 1.165) is 29.7 Å². The molecular weight excluding hydrogens is 613 g/mol. The van der Waals surface area contributed by atoms with Gasteiger partial charge in [0.05, 0.1) is 18.0 Å². The van der Waals surface area contributed by atoms with E-state index in [4.69, 9.17) is 4.74 Å². The number of halogens is 2. The minimum atomic E-state index is -1.14. The summed E-state index contributed by atoms with van der Waals surface area (Å²) < 4.78 is 6.04. The Balaban J connectivity index is 0.00000353. The van der Waals surface area contributed by atoms with Crippen molar-refractivity contribution in [3.63, 3.8) is 0 Å². The molecule has 0 fully saturated rings. The summed E-state index contributed by atoms with van der Waals surface area (Å²) >= 11 is 0. The quantitative estimate of drug-likeness (QED) is 0.205.